The van der Waals surface area contributed by atoms with Gasteiger partial charge in [-0.3, -0.25) is 9.59 Å². The van der Waals surface area contributed by atoms with E-state index in [1.807, 2.05) is 6.07 Å². The van der Waals surface area contributed by atoms with Gasteiger partial charge in [-0.15, -0.1) is 0 Å². The molecule has 0 spiro atoms. The predicted molar refractivity (Wildman–Crippen MR) is 86.3 cm³/mol. The van der Waals surface area contributed by atoms with Crippen molar-refractivity contribution in [1.29, 1.82) is 0 Å². The van der Waals surface area contributed by atoms with Crippen LogP contribution in [0.2, 0.25) is 5.02 Å². The smallest absolute Gasteiger partial charge is 0.238 e. The zero-order valence-electron chi connectivity index (χ0n) is 11.6. The van der Waals surface area contributed by atoms with E-state index >= 15 is 0 Å². The lowest BCUT2D eigenvalue weighted by molar-refractivity contribution is -0.124. The van der Waals surface area contributed by atoms with Crippen LogP contribution in [0.4, 0.5) is 5.69 Å². The van der Waals surface area contributed by atoms with Gasteiger partial charge < -0.3 is 0 Å². The maximum absolute atomic E-state index is 12.9. The van der Waals surface area contributed by atoms with E-state index in [-0.39, 0.29) is 35.5 Å². The molecule has 112 valence electrons. The summed E-state index contributed by atoms with van der Waals surface area (Å²) in [5.41, 5.74) is 0.516. The lowest BCUT2D eigenvalue weighted by Crippen LogP contribution is -2.40. The zero-order valence-corrected chi connectivity index (χ0v) is 13.9. The van der Waals surface area contributed by atoms with Gasteiger partial charge in [-0.25, -0.2) is 4.90 Å². The summed E-state index contributed by atoms with van der Waals surface area (Å²) in [6, 6.07) is 5.29. The molecule has 3 nitrogen and oxygen atoms in total. The van der Waals surface area contributed by atoms with Crippen molar-refractivity contribution in [1.82, 2.24) is 0 Å². The Balaban J connectivity index is 1.60. The second-order valence-electron chi connectivity index (χ2n) is 6.76. The van der Waals surface area contributed by atoms with E-state index in [1.54, 1.807) is 12.1 Å². The molecule has 6 atom stereocenters. The number of benzene rings is 1. The monoisotopic (exact) mass is 377 g/mol. The van der Waals surface area contributed by atoms with Crippen LogP contribution in [0.5, 0.6) is 0 Å². The fourth-order valence-electron chi connectivity index (χ4n) is 4.86. The van der Waals surface area contributed by atoms with Crippen molar-refractivity contribution in [2.24, 2.45) is 35.5 Å². The van der Waals surface area contributed by atoms with Gasteiger partial charge in [0.05, 0.1) is 22.5 Å². The van der Waals surface area contributed by atoms with Crippen LogP contribution in [-0.4, -0.2) is 11.8 Å². The molecule has 1 aromatic rings. The quantitative estimate of drug-likeness (QED) is 0.552. The molecule has 3 fully saturated rings. The number of hydrogen-bond donors (Lipinski definition) is 0. The second-order valence-corrected chi connectivity index (χ2v) is 8.09. The van der Waals surface area contributed by atoms with Gasteiger partial charge in [-0.2, -0.15) is 0 Å². The molecular formula is C17H13BrClNO2. The first kappa shape index (κ1) is 13.3. The van der Waals surface area contributed by atoms with E-state index in [1.165, 1.54) is 11.3 Å². The Kier molecular flexibility index (Phi) is 2.56. The maximum Gasteiger partial charge on any atom is 0.238 e. The van der Waals surface area contributed by atoms with Gasteiger partial charge >= 0.3 is 0 Å². The molecule has 0 radical (unpaired) electrons. The van der Waals surface area contributed by atoms with E-state index in [4.69, 9.17) is 11.6 Å². The van der Waals surface area contributed by atoms with Crippen LogP contribution in [0.25, 0.3) is 0 Å². The summed E-state index contributed by atoms with van der Waals surface area (Å²) in [5, 5.41) is 0.431. The van der Waals surface area contributed by atoms with Crippen LogP contribution in [0.15, 0.2) is 34.8 Å². The molecule has 5 heteroatoms. The molecule has 1 heterocycles. The van der Waals surface area contributed by atoms with Gasteiger partial charge in [-0.1, -0.05) is 39.7 Å². The van der Waals surface area contributed by atoms with Gasteiger partial charge in [-0.05, 0) is 48.3 Å². The molecule has 1 aliphatic heterocycles. The van der Waals surface area contributed by atoms with Gasteiger partial charge in [0.15, 0.2) is 0 Å². The summed E-state index contributed by atoms with van der Waals surface area (Å²) >= 11 is 9.63. The summed E-state index contributed by atoms with van der Waals surface area (Å²) in [5.74, 6) is 1.25. The Morgan fingerprint density at radius 3 is 2.18 bits per heavy atom. The van der Waals surface area contributed by atoms with Crippen LogP contribution in [0.3, 0.4) is 0 Å². The first-order valence-electron chi connectivity index (χ1n) is 7.59. The molecule has 1 saturated heterocycles. The van der Waals surface area contributed by atoms with Crippen molar-refractivity contribution in [2.45, 2.75) is 6.42 Å². The van der Waals surface area contributed by atoms with Crippen LogP contribution in [0, 0.1) is 35.5 Å². The normalized spacial score (nSPS) is 40.9. The number of imide groups is 1. The van der Waals surface area contributed by atoms with Gasteiger partial charge in [0.25, 0.3) is 0 Å². The lowest BCUT2D eigenvalue weighted by atomic mass is 9.63. The highest BCUT2D eigenvalue weighted by molar-refractivity contribution is 9.10. The third-order valence-electron chi connectivity index (χ3n) is 5.81. The Bertz CT molecular complexity index is 725. The predicted octanol–water partition coefficient (Wildman–Crippen LogP) is 3.66. The molecule has 0 N–H and O–H groups in total. The highest BCUT2D eigenvalue weighted by Crippen LogP contribution is 2.65. The lowest BCUT2D eigenvalue weighted by Gasteiger charge is -2.37. The van der Waals surface area contributed by atoms with Gasteiger partial charge in [0.2, 0.25) is 11.8 Å². The van der Waals surface area contributed by atoms with E-state index < -0.39 is 0 Å². The first-order chi connectivity index (χ1) is 10.6. The number of halogens is 2. The Morgan fingerprint density at radius 2 is 1.64 bits per heavy atom. The van der Waals surface area contributed by atoms with E-state index in [0.29, 0.717) is 22.5 Å². The molecule has 5 aliphatic rings. The van der Waals surface area contributed by atoms with Gasteiger partial charge in [0, 0.05) is 4.47 Å². The number of nitrogens with zero attached hydrogens (tertiary/aromatic N) is 1. The zero-order chi connectivity index (χ0) is 15.2. The summed E-state index contributed by atoms with van der Waals surface area (Å²) < 4.78 is 0.834. The Hall–Kier alpha value is -1.13. The molecule has 2 saturated carbocycles. The van der Waals surface area contributed by atoms with Gasteiger partial charge in [0.1, 0.15) is 0 Å². The van der Waals surface area contributed by atoms with Crippen molar-refractivity contribution >= 4 is 45.0 Å². The number of rotatable bonds is 1. The average Bonchev–Trinajstić information content (AvgIpc) is 3.26. The van der Waals surface area contributed by atoms with Crippen molar-refractivity contribution in [3.8, 4) is 0 Å². The van der Waals surface area contributed by atoms with E-state index in [2.05, 4.69) is 28.1 Å². The standard InChI is InChI=1S/C17H13BrClNO2/c18-7-1-4-13(12(19)5-7)20-16(21)14-8-2-3-9(11-6-10(8)11)15(14)17(20)22/h1-5,8-11,14-15H,6H2/t8-,9-,10-,11+,14+,15+/m0/s1. The minimum Gasteiger partial charge on any atom is -0.274 e. The summed E-state index contributed by atoms with van der Waals surface area (Å²) in [4.78, 5) is 27.2. The molecule has 0 aromatic heterocycles. The van der Waals surface area contributed by atoms with Crippen LogP contribution in [0.1, 0.15) is 6.42 Å². The highest BCUT2D eigenvalue weighted by atomic mass is 79.9. The molecular weight excluding hydrogens is 366 g/mol. The number of hydrogen-bond acceptors (Lipinski definition) is 2. The number of carbonyl (C=O) groups excluding carboxylic acids is 2. The van der Waals surface area contributed by atoms with Crippen molar-refractivity contribution in [3.63, 3.8) is 0 Å². The van der Waals surface area contributed by atoms with E-state index in [0.717, 1.165) is 4.47 Å². The summed E-state index contributed by atoms with van der Waals surface area (Å²) in [7, 11) is 0. The Labute approximate surface area is 141 Å². The number of allylic oxidation sites excluding steroid dienone is 2. The summed E-state index contributed by atoms with van der Waals surface area (Å²) in [6.07, 6.45) is 5.53. The molecule has 22 heavy (non-hydrogen) atoms. The second kappa shape index (κ2) is 4.24. The molecule has 6 rings (SSSR count). The Morgan fingerprint density at radius 1 is 1.05 bits per heavy atom. The van der Waals surface area contributed by atoms with Crippen molar-refractivity contribution < 1.29 is 9.59 Å². The largest absolute Gasteiger partial charge is 0.274 e. The van der Waals surface area contributed by atoms with Crippen molar-refractivity contribution in [2.75, 3.05) is 4.90 Å². The molecule has 2 amide bonds. The minimum atomic E-state index is -0.175. The van der Waals surface area contributed by atoms with Crippen LogP contribution in [-0.2, 0) is 9.59 Å². The molecule has 1 aromatic carbocycles. The SMILES string of the molecule is O=C1[C@@H]2[C@H]3C=C[C@@H]([C@@H]4C[C@H]34)[C@H]2C(=O)N1c1ccc(Br)cc1Cl. The third kappa shape index (κ3) is 1.52. The fourth-order valence-corrected chi connectivity index (χ4v) is 5.61. The molecule has 2 bridgehead atoms. The van der Waals surface area contributed by atoms with Crippen LogP contribution < -0.4 is 4.90 Å². The summed E-state index contributed by atoms with van der Waals surface area (Å²) in [6.45, 7) is 0. The van der Waals surface area contributed by atoms with Crippen LogP contribution >= 0.6 is 27.5 Å². The fraction of sp³-hybridized carbons (Fsp3) is 0.412. The molecule has 0 unspecified atom stereocenters. The minimum absolute atomic E-state index is 0.0658. The average molecular weight is 379 g/mol. The number of carbonyl (C=O) groups is 2. The number of amides is 2. The first-order valence-corrected chi connectivity index (χ1v) is 8.76. The van der Waals surface area contributed by atoms with E-state index in [9.17, 15) is 9.59 Å². The maximum atomic E-state index is 12.9. The topological polar surface area (TPSA) is 37.4 Å². The third-order valence-corrected chi connectivity index (χ3v) is 6.61. The highest BCUT2D eigenvalue weighted by Gasteiger charge is 2.67. The number of anilines is 1. The van der Waals surface area contributed by atoms with Crippen molar-refractivity contribution in [3.05, 3.63) is 39.8 Å². The molecule has 4 aliphatic carbocycles.